The lowest BCUT2D eigenvalue weighted by Crippen LogP contribution is -2.27. The van der Waals surface area contributed by atoms with Crippen LogP contribution in [0.4, 0.5) is 0 Å². The van der Waals surface area contributed by atoms with Crippen molar-refractivity contribution in [2.45, 2.75) is 59.8 Å². The normalized spacial score (nSPS) is 11.1. The predicted molar refractivity (Wildman–Crippen MR) is 85.9 cm³/mol. The van der Waals surface area contributed by atoms with Gasteiger partial charge in [-0.05, 0) is 26.7 Å². The summed E-state index contributed by atoms with van der Waals surface area (Å²) in [5, 5.41) is 7.45. The highest BCUT2D eigenvalue weighted by atomic mass is 16.1. The summed E-state index contributed by atoms with van der Waals surface area (Å²) in [4.78, 5) is 21.0. The van der Waals surface area contributed by atoms with Crippen LogP contribution < -0.4 is 5.32 Å². The van der Waals surface area contributed by atoms with Gasteiger partial charge in [-0.1, -0.05) is 20.3 Å². The van der Waals surface area contributed by atoms with Crippen molar-refractivity contribution in [2.24, 2.45) is 0 Å². The van der Waals surface area contributed by atoms with E-state index in [2.05, 4.69) is 34.2 Å². The Balaban J connectivity index is 2.24. The van der Waals surface area contributed by atoms with Gasteiger partial charge in [0.05, 0.1) is 6.42 Å². The summed E-state index contributed by atoms with van der Waals surface area (Å²) in [7, 11) is 0. The van der Waals surface area contributed by atoms with Gasteiger partial charge >= 0.3 is 0 Å². The highest BCUT2D eigenvalue weighted by Gasteiger charge is 2.15. The Morgan fingerprint density at radius 1 is 1.18 bits per heavy atom. The number of rotatable bonds is 7. The third-order valence-corrected chi connectivity index (χ3v) is 3.76. The van der Waals surface area contributed by atoms with Crippen LogP contribution in [-0.2, 0) is 17.6 Å². The van der Waals surface area contributed by atoms with Gasteiger partial charge in [-0.3, -0.25) is 4.79 Å². The standard InChI is InChI=1S/C16H25N5O/c1-5-7-9-17-15(22)10-13-11(3)18-16-19-14(8-6-2)20-21(16)12(13)4/h5-10H2,1-4H3,(H,17,22). The van der Waals surface area contributed by atoms with E-state index in [4.69, 9.17) is 0 Å². The quantitative estimate of drug-likeness (QED) is 0.796. The molecule has 0 saturated carbocycles. The molecule has 0 aromatic carbocycles. The molecule has 0 atom stereocenters. The van der Waals surface area contributed by atoms with E-state index in [9.17, 15) is 4.79 Å². The number of nitrogens with one attached hydrogen (secondary N) is 1. The summed E-state index contributed by atoms with van der Waals surface area (Å²) in [5.74, 6) is 1.46. The molecule has 6 heteroatoms. The maximum Gasteiger partial charge on any atom is 0.252 e. The van der Waals surface area contributed by atoms with Crippen LogP contribution in [0.3, 0.4) is 0 Å². The number of aromatic nitrogens is 4. The number of hydrogen-bond donors (Lipinski definition) is 1. The highest BCUT2D eigenvalue weighted by Crippen LogP contribution is 2.14. The Kier molecular flexibility index (Phi) is 5.46. The zero-order valence-electron chi connectivity index (χ0n) is 13.9. The Bertz CT molecular complexity index is 662. The average molecular weight is 303 g/mol. The monoisotopic (exact) mass is 303 g/mol. The molecule has 2 aromatic rings. The zero-order chi connectivity index (χ0) is 16.1. The molecule has 120 valence electrons. The minimum absolute atomic E-state index is 0.0368. The molecule has 22 heavy (non-hydrogen) atoms. The summed E-state index contributed by atoms with van der Waals surface area (Å²) >= 11 is 0. The van der Waals surface area contributed by atoms with Crippen LogP contribution in [-0.4, -0.2) is 32.0 Å². The topological polar surface area (TPSA) is 72.2 Å². The molecule has 0 saturated heterocycles. The minimum atomic E-state index is 0.0368. The number of carbonyl (C=O) groups excluding carboxylic acids is 1. The molecule has 0 aliphatic rings. The van der Waals surface area contributed by atoms with E-state index in [1.165, 1.54) is 0 Å². The molecule has 2 heterocycles. The molecule has 1 amide bonds. The predicted octanol–water partition coefficient (Wildman–Crippen LogP) is 2.15. The average Bonchev–Trinajstić information content (AvgIpc) is 2.87. The second kappa shape index (κ2) is 7.33. The largest absolute Gasteiger partial charge is 0.356 e. The molecule has 2 aromatic heterocycles. The third kappa shape index (κ3) is 3.61. The van der Waals surface area contributed by atoms with Gasteiger partial charge in [0.1, 0.15) is 0 Å². The number of hydrogen-bond acceptors (Lipinski definition) is 4. The van der Waals surface area contributed by atoms with Crippen molar-refractivity contribution in [1.29, 1.82) is 0 Å². The fourth-order valence-electron chi connectivity index (χ4n) is 2.46. The number of amides is 1. The minimum Gasteiger partial charge on any atom is -0.356 e. The van der Waals surface area contributed by atoms with Crippen molar-refractivity contribution in [3.63, 3.8) is 0 Å². The van der Waals surface area contributed by atoms with Crippen LogP contribution in [0.2, 0.25) is 0 Å². The molecule has 0 radical (unpaired) electrons. The summed E-state index contributed by atoms with van der Waals surface area (Å²) in [6.45, 7) is 8.84. The van der Waals surface area contributed by atoms with Gasteiger partial charge in [0.2, 0.25) is 5.91 Å². The van der Waals surface area contributed by atoms with Crippen LogP contribution in [0.5, 0.6) is 0 Å². The lowest BCUT2D eigenvalue weighted by molar-refractivity contribution is -0.120. The molecule has 0 aliphatic heterocycles. The smallest absolute Gasteiger partial charge is 0.252 e. The van der Waals surface area contributed by atoms with Crippen LogP contribution in [0.1, 0.15) is 55.9 Å². The van der Waals surface area contributed by atoms with E-state index in [0.717, 1.165) is 55.0 Å². The Morgan fingerprint density at radius 3 is 2.64 bits per heavy atom. The van der Waals surface area contributed by atoms with Crippen molar-refractivity contribution >= 4 is 11.7 Å². The van der Waals surface area contributed by atoms with Crippen LogP contribution in [0.15, 0.2) is 0 Å². The highest BCUT2D eigenvalue weighted by molar-refractivity contribution is 5.79. The third-order valence-electron chi connectivity index (χ3n) is 3.76. The lowest BCUT2D eigenvalue weighted by atomic mass is 10.1. The van der Waals surface area contributed by atoms with Crippen molar-refractivity contribution < 1.29 is 4.79 Å². The summed E-state index contributed by atoms with van der Waals surface area (Å²) in [6.07, 6.45) is 4.26. The van der Waals surface area contributed by atoms with Gasteiger partial charge in [-0.25, -0.2) is 9.50 Å². The second-order valence-corrected chi connectivity index (χ2v) is 5.63. The van der Waals surface area contributed by atoms with Crippen LogP contribution in [0.25, 0.3) is 5.78 Å². The number of nitrogens with zero attached hydrogens (tertiary/aromatic N) is 4. The summed E-state index contributed by atoms with van der Waals surface area (Å²) < 4.78 is 1.76. The van der Waals surface area contributed by atoms with Crippen LogP contribution in [0, 0.1) is 13.8 Å². The van der Waals surface area contributed by atoms with E-state index in [1.54, 1.807) is 4.52 Å². The van der Waals surface area contributed by atoms with Gasteiger partial charge in [-0.15, -0.1) is 5.10 Å². The molecule has 0 bridgehead atoms. The molecule has 2 rings (SSSR count). The van der Waals surface area contributed by atoms with E-state index >= 15 is 0 Å². The molecule has 6 nitrogen and oxygen atoms in total. The second-order valence-electron chi connectivity index (χ2n) is 5.63. The number of aryl methyl sites for hydroxylation is 3. The van der Waals surface area contributed by atoms with E-state index < -0.39 is 0 Å². The van der Waals surface area contributed by atoms with Crippen LogP contribution >= 0.6 is 0 Å². The van der Waals surface area contributed by atoms with E-state index in [1.807, 2.05) is 13.8 Å². The maximum atomic E-state index is 12.1. The molecule has 0 unspecified atom stereocenters. The van der Waals surface area contributed by atoms with Gasteiger partial charge in [0.25, 0.3) is 5.78 Å². The maximum absolute atomic E-state index is 12.1. The SMILES string of the molecule is CCCCNC(=O)Cc1c(C)nc2nc(CCC)nn2c1C. The molecule has 1 N–H and O–H groups in total. The van der Waals surface area contributed by atoms with Crippen molar-refractivity contribution in [3.05, 3.63) is 22.8 Å². The van der Waals surface area contributed by atoms with Crippen molar-refractivity contribution in [2.75, 3.05) is 6.54 Å². The Labute approximate surface area is 131 Å². The van der Waals surface area contributed by atoms with Gasteiger partial charge < -0.3 is 5.32 Å². The van der Waals surface area contributed by atoms with Crippen molar-refractivity contribution in [1.82, 2.24) is 24.9 Å². The first kappa shape index (κ1) is 16.4. The fourth-order valence-corrected chi connectivity index (χ4v) is 2.46. The Hall–Kier alpha value is -1.98. The molecule has 0 spiro atoms. The zero-order valence-corrected chi connectivity index (χ0v) is 13.9. The van der Waals surface area contributed by atoms with E-state index in [-0.39, 0.29) is 5.91 Å². The van der Waals surface area contributed by atoms with Gasteiger partial charge in [0, 0.05) is 29.9 Å². The summed E-state index contributed by atoms with van der Waals surface area (Å²) in [5.41, 5.74) is 2.74. The molecular weight excluding hydrogens is 278 g/mol. The number of fused-ring (bicyclic) bond motifs is 1. The first-order chi connectivity index (χ1) is 10.6. The van der Waals surface area contributed by atoms with Gasteiger partial charge in [0.15, 0.2) is 5.82 Å². The molecule has 0 aliphatic carbocycles. The van der Waals surface area contributed by atoms with Gasteiger partial charge in [-0.2, -0.15) is 4.98 Å². The van der Waals surface area contributed by atoms with E-state index in [0.29, 0.717) is 12.2 Å². The first-order valence-electron chi connectivity index (χ1n) is 8.05. The molecule has 0 fully saturated rings. The number of carbonyl (C=O) groups is 1. The Morgan fingerprint density at radius 2 is 1.95 bits per heavy atom. The first-order valence-corrected chi connectivity index (χ1v) is 8.05. The van der Waals surface area contributed by atoms with Crippen molar-refractivity contribution in [3.8, 4) is 0 Å². The number of unbranched alkanes of at least 4 members (excludes halogenated alkanes) is 1. The molecular formula is C16H25N5O. The summed E-state index contributed by atoms with van der Waals surface area (Å²) in [6, 6.07) is 0. The lowest BCUT2D eigenvalue weighted by Gasteiger charge is -2.10. The fraction of sp³-hybridized carbons (Fsp3) is 0.625.